The zero-order valence-electron chi connectivity index (χ0n) is 14.6. The molecule has 0 atom stereocenters. The van der Waals surface area contributed by atoms with E-state index in [0.29, 0.717) is 0 Å². The van der Waals surface area contributed by atoms with E-state index in [-0.39, 0.29) is 0 Å². The highest BCUT2D eigenvalue weighted by Gasteiger charge is 2.23. The SMILES string of the molecule is Cc1ccc2c(c1)CCc1cc(C)ccc1N2c1ccccc1C. The Kier molecular flexibility index (Phi) is 3.65. The van der Waals surface area contributed by atoms with Crippen molar-refractivity contribution in [2.45, 2.75) is 33.6 Å². The second-order valence-electron chi connectivity index (χ2n) is 6.89. The predicted octanol–water partition coefficient (Wildman–Crippen LogP) is 6.18. The number of rotatable bonds is 1. The molecule has 0 saturated heterocycles. The molecule has 1 nitrogen and oxygen atoms in total. The Morgan fingerprint density at radius 2 is 1.17 bits per heavy atom. The second kappa shape index (κ2) is 5.83. The zero-order chi connectivity index (χ0) is 16.7. The molecule has 0 bridgehead atoms. The van der Waals surface area contributed by atoms with Crippen LogP contribution in [-0.2, 0) is 12.8 Å². The number of nitrogens with zero attached hydrogens (tertiary/aromatic N) is 1. The number of hydrogen-bond acceptors (Lipinski definition) is 1. The Morgan fingerprint density at radius 3 is 1.71 bits per heavy atom. The number of aryl methyl sites for hydroxylation is 5. The summed E-state index contributed by atoms with van der Waals surface area (Å²) in [4.78, 5) is 2.45. The molecular formula is C23H23N. The first-order chi connectivity index (χ1) is 11.6. The molecule has 0 radical (unpaired) electrons. The van der Waals surface area contributed by atoms with Crippen LogP contribution in [0, 0.1) is 20.8 Å². The lowest BCUT2D eigenvalue weighted by Crippen LogP contribution is -2.13. The fourth-order valence-electron chi connectivity index (χ4n) is 3.74. The van der Waals surface area contributed by atoms with Gasteiger partial charge < -0.3 is 4.90 Å². The molecule has 1 aliphatic heterocycles. The maximum Gasteiger partial charge on any atom is 0.0494 e. The van der Waals surface area contributed by atoms with Crippen molar-refractivity contribution in [1.82, 2.24) is 0 Å². The molecule has 0 aliphatic carbocycles. The molecule has 3 aromatic carbocycles. The van der Waals surface area contributed by atoms with Gasteiger partial charge in [-0.2, -0.15) is 0 Å². The van der Waals surface area contributed by atoms with Gasteiger partial charge in [0.05, 0.1) is 0 Å². The van der Waals surface area contributed by atoms with E-state index in [1.54, 1.807) is 0 Å². The van der Waals surface area contributed by atoms with Crippen molar-refractivity contribution < 1.29 is 0 Å². The quantitative estimate of drug-likeness (QED) is 0.518. The Bertz CT molecular complexity index is 854. The average Bonchev–Trinajstić information content (AvgIpc) is 2.72. The van der Waals surface area contributed by atoms with Crippen LogP contribution in [0.4, 0.5) is 17.1 Å². The van der Waals surface area contributed by atoms with Gasteiger partial charge in [0, 0.05) is 17.1 Å². The van der Waals surface area contributed by atoms with Gasteiger partial charge in [0.1, 0.15) is 0 Å². The van der Waals surface area contributed by atoms with Crippen LogP contribution in [0.2, 0.25) is 0 Å². The van der Waals surface area contributed by atoms with Crippen LogP contribution in [0.25, 0.3) is 0 Å². The highest BCUT2D eigenvalue weighted by Crippen LogP contribution is 2.43. The van der Waals surface area contributed by atoms with Gasteiger partial charge in [-0.1, -0.05) is 53.6 Å². The summed E-state index contributed by atoms with van der Waals surface area (Å²) in [5.74, 6) is 0. The third kappa shape index (κ3) is 2.50. The summed E-state index contributed by atoms with van der Waals surface area (Å²) in [6.45, 7) is 6.56. The van der Waals surface area contributed by atoms with Crippen LogP contribution in [0.15, 0.2) is 60.7 Å². The Hall–Kier alpha value is -2.54. The van der Waals surface area contributed by atoms with E-state index >= 15 is 0 Å². The number of fused-ring (bicyclic) bond motifs is 2. The van der Waals surface area contributed by atoms with Gasteiger partial charge in [-0.25, -0.2) is 0 Å². The maximum atomic E-state index is 2.45. The van der Waals surface area contributed by atoms with Crippen LogP contribution in [-0.4, -0.2) is 0 Å². The molecule has 0 N–H and O–H groups in total. The Balaban J connectivity index is 2.01. The van der Waals surface area contributed by atoms with E-state index in [2.05, 4.69) is 86.3 Å². The van der Waals surface area contributed by atoms with Gasteiger partial charge in [0.2, 0.25) is 0 Å². The summed E-state index contributed by atoms with van der Waals surface area (Å²) < 4.78 is 0. The Morgan fingerprint density at radius 1 is 0.625 bits per heavy atom. The molecule has 0 amide bonds. The lowest BCUT2D eigenvalue weighted by Gasteiger charge is -2.29. The van der Waals surface area contributed by atoms with Crippen LogP contribution < -0.4 is 4.90 Å². The first-order valence-electron chi connectivity index (χ1n) is 8.68. The standard InChI is InChI=1S/C23H23N/c1-16-8-12-22-19(14-16)10-11-20-15-17(2)9-13-23(20)24(22)21-7-5-4-6-18(21)3/h4-9,12-15H,10-11H2,1-3H3. The van der Waals surface area contributed by atoms with E-state index in [1.807, 2.05) is 0 Å². The summed E-state index contributed by atoms with van der Waals surface area (Å²) in [5.41, 5.74) is 10.8. The second-order valence-corrected chi connectivity index (χ2v) is 6.89. The van der Waals surface area contributed by atoms with Crippen molar-refractivity contribution in [2.24, 2.45) is 0 Å². The van der Waals surface area contributed by atoms with Gasteiger partial charge >= 0.3 is 0 Å². The molecule has 1 aliphatic rings. The topological polar surface area (TPSA) is 3.24 Å². The minimum absolute atomic E-state index is 1.09. The molecule has 0 saturated carbocycles. The lowest BCUT2D eigenvalue weighted by molar-refractivity contribution is 0.973. The molecule has 0 unspecified atom stereocenters. The molecule has 0 fully saturated rings. The average molecular weight is 313 g/mol. The molecule has 120 valence electrons. The van der Waals surface area contributed by atoms with Gasteiger partial charge in [-0.3, -0.25) is 0 Å². The van der Waals surface area contributed by atoms with Crippen molar-refractivity contribution in [3.8, 4) is 0 Å². The zero-order valence-corrected chi connectivity index (χ0v) is 14.6. The fraction of sp³-hybridized carbons (Fsp3) is 0.217. The minimum Gasteiger partial charge on any atom is -0.310 e. The number of para-hydroxylation sites is 1. The summed E-state index contributed by atoms with van der Waals surface area (Å²) >= 11 is 0. The van der Waals surface area contributed by atoms with E-state index in [9.17, 15) is 0 Å². The molecule has 3 aromatic rings. The summed E-state index contributed by atoms with van der Waals surface area (Å²) in [6, 6.07) is 22.4. The monoisotopic (exact) mass is 313 g/mol. The van der Waals surface area contributed by atoms with Gasteiger partial charge in [0.25, 0.3) is 0 Å². The van der Waals surface area contributed by atoms with Crippen molar-refractivity contribution in [3.05, 3.63) is 88.5 Å². The predicted molar refractivity (Wildman–Crippen MR) is 103 cm³/mol. The molecule has 0 aromatic heterocycles. The van der Waals surface area contributed by atoms with Gasteiger partial charge in [-0.15, -0.1) is 0 Å². The highest BCUT2D eigenvalue weighted by atomic mass is 15.2. The molecule has 1 heterocycles. The number of hydrogen-bond donors (Lipinski definition) is 0. The van der Waals surface area contributed by atoms with Crippen LogP contribution in [0.5, 0.6) is 0 Å². The molecule has 4 rings (SSSR count). The first kappa shape index (κ1) is 15.0. The lowest BCUT2D eigenvalue weighted by atomic mass is 10.0. The van der Waals surface area contributed by atoms with Gasteiger partial charge in [-0.05, 0) is 68.5 Å². The summed E-state index contributed by atoms with van der Waals surface area (Å²) in [7, 11) is 0. The highest BCUT2D eigenvalue weighted by molar-refractivity contribution is 5.83. The fourth-order valence-corrected chi connectivity index (χ4v) is 3.74. The van der Waals surface area contributed by atoms with E-state index < -0.39 is 0 Å². The first-order valence-corrected chi connectivity index (χ1v) is 8.68. The number of anilines is 3. The van der Waals surface area contributed by atoms with Gasteiger partial charge in [0.15, 0.2) is 0 Å². The minimum atomic E-state index is 1.09. The van der Waals surface area contributed by atoms with Crippen molar-refractivity contribution in [1.29, 1.82) is 0 Å². The third-order valence-corrected chi connectivity index (χ3v) is 4.97. The maximum absolute atomic E-state index is 2.45. The molecule has 0 spiro atoms. The van der Waals surface area contributed by atoms with E-state index in [4.69, 9.17) is 0 Å². The molecule has 24 heavy (non-hydrogen) atoms. The van der Waals surface area contributed by atoms with Crippen LogP contribution in [0.3, 0.4) is 0 Å². The summed E-state index contributed by atoms with van der Waals surface area (Å²) in [6.07, 6.45) is 2.19. The van der Waals surface area contributed by atoms with Crippen molar-refractivity contribution >= 4 is 17.1 Å². The summed E-state index contributed by atoms with van der Waals surface area (Å²) in [5, 5.41) is 0. The van der Waals surface area contributed by atoms with E-state index in [1.165, 1.54) is 44.9 Å². The van der Waals surface area contributed by atoms with Crippen molar-refractivity contribution in [3.63, 3.8) is 0 Å². The normalized spacial score (nSPS) is 13.2. The molecule has 1 heteroatoms. The van der Waals surface area contributed by atoms with Crippen LogP contribution >= 0.6 is 0 Å². The van der Waals surface area contributed by atoms with Crippen LogP contribution in [0.1, 0.15) is 27.8 Å². The molecular weight excluding hydrogens is 290 g/mol. The third-order valence-electron chi connectivity index (χ3n) is 4.97. The smallest absolute Gasteiger partial charge is 0.0494 e. The Labute approximate surface area is 144 Å². The van der Waals surface area contributed by atoms with Crippen molar-refractivity contribution in [2.75, 3.05) is 4.90 Å². The largest absolute Gasteiger partial charge is 0.310 e. The van der Waals surface area contributed by atoms with E-state index in [0.717, 1.165) is 12.8 Å². The number of benzene rings is 3.